The van der Waals surface area contributed by atoms with Gasteiger partial charge in [-0.1, -0.05) is 22.2 Å². The van der Waals surface area contributed by atoms with Gasteiger partial charge in [0.2, 0.25) is 0 Å². The first-order chi connectivity index (χ1) is 7.66. The van der Waals surface area contributed by atoms with Crippen LogP contribution in [0.5, 0.6) is 5.75 Å². The number of rotatable bonds is 3. The lowest BCUT2D eigenvalue weighted by molar-refractivity contribution is 0.299. The minimum Gasteiger partial charge on any atom is -0.487 e. The maximum Gasteiger partial charge on any atom is 0.136 e. The molecule has 1 aromatic carbocycles. The summed E-state index contributed by atoms with van der Waals surface area (Å²) >= 11 is 1.18. The Morgan fingerprint density at radius 1 is 1.38 bits per heavy atom. The highest BCUT2D eigenvalue weighted by molar-refractivity contribution is 7.09. The number of nitrogens with two attached hydrogens (primary N) is 1. The molecule has 2 aromatic rings. The molecule has 0 aliphatic heterocycles. The summed E-state index contributed by atoms with van der Waals surface area (Å²) in [5, 5.41) is 4.51. The van der Waals surface area contributed by atoms with Crippen LogP contribution in [0.2, 0.25) is 0 Å². The van der Waals surface area contributed by atoms with Gasteiger partial charge < -0.3 is 10.5 Å². The topological polar surface area (TPSA) is 61.0 Å². The number of anilines is 1. The van der Waals surface area contributed by atoms with Crippen LogP contribution in [0.3, 0.4) is 0 Å². The van der Waals surface area contributed by atoms with E-state index >= 15 is 0 Å². The van der Waals surface area contributed by atoms with E-state index in [9.17, 15) is 0 Å². The number of nitrogens with zero attached hydrogens (tertiary/aromatic N) is 2. The third-order valence-corrected chi connectivity index (χ3v) is 2.88. The SMILES string of the molecule is Cc1ccc(OCc2nnsc2N)c(C)c1. The number of aryl methyl sites for hydroxylation is 2. The fourth-order valence-corrected chi connectivity index (χ4v) is 1.86. The van der Waals surface area contributed by atoms with Gasteiger partial charge in [0.15, 0.2) is 0 Å². The monoisotopic (exact) mass is 235 g/mol. The summed E-state index contributed by atoms with van der Waals surface area (Å²) in [4.78, 5) is 0. The number of hydrogen-bond donors (Lipinski definition) is 1. The summed E-state index contributed by atoms with van der Waals surface area (Å²) in [7, 11) is 0. The van der Waals surface area contributed by atoms with Gasteiger partial charge in [0.25, 0.3) is 0 Å². The van der Waals surface area contributed by atoms with E-state index in [4.69, 9.17) is 10.5 Å². The smallest absolute Gasteiger partial charge is 0.136 e. The molecule has 0 bridgehead atoms. The number of hydrogen-bond acceptors (Lipinski definition) is 5. The molecule has 16 heavy (non-hydrogen) atoms. The van der Waals surface area contributed by atoms with Gasteiger partial charge in [0, 0.05) is 11.5 Å². The van der Waals surface area contributed by atoms with Crippen LogP contribution in [0.4, 0.5) is 5.00 Å². The van der Waals surface area contributed by atoms with Gasteiger partial charge in [-0.2, -0.15) is 0 Å². The van der Waals surface area contributed by atoms with Crippen LogP contribution in [-0.2, 0) is 6.61 Å². The molecule has 0 saturated carbocycles. The Kier molecular flexibility index (Phi) is 3.05. The van der Waals surface area contributed by atoms with Crippen molar-refractivity contribution in [3.63, 3.8) is 0 Å². The molecule has 0 aliphatic rings. The predicted molar refractivity (Wildman–Crippen MR) is 64.6 cm³/mol. The van der Waals surface area contributed by atoms with Crippen molar-refractivity contribution in [2.24, 2.45) is 0 Å². The third kappa shape index (κ3) is 2.30. The van der Waals surface area contributed by atoms with Crippen LogP contribution in [0, 0.1) is 13.8 Å². The Morgan fingerprint density at radius 2 is 2.19 bits per heavy atom. The molecule has 5 heteroatoms. The average molecular weight is 235 g/mol. The standard InChI is InChI=1S/C11H13N3OS/c1-7-3-4-10(8(2)5-7)15-6-9-11(12)16-14-13-9/h3-5H,6,12H2,1-2H3. The molecule has 0 fully saturated rings. The quantitative estimate of drug-likeness (QED) is 0.886. The van der Waals surface area contributed by atoms with Crippen molar-refractivity contribution in [2.45, 2.75) is 20.5 Å². The molecule has 0 spiro atoms. The Hall–Kier alpha value is -1.62. The van der Waals surface area contributed by atoms with Crippen molar-refractivity contribution in [2.75, 3.05) is 5.73 Å². The molecule has 2 rings (SSSR count). The Balaban J connectivity index is 2.08. The first-order valence-electron chi connectivity index (χ1n) is 4.93. The number of benzene rings is 1. The lowest BCUT2D eigenvalue weighted by Crippen LogP contribution is -2.00. The molecule has 2 N–H and O–H groups in total. The average Bonchev–Trinajstić information content (AvgIpc) is 2.63. The molecule has 0 radical (unpaired) electrons. The van der Waals surface area contributed by atoms with Crippen molar-refractivity contribution in [3.05, 3.63) is 35.0 Å². The molecule has 0 aliphatic carbocycles. The zero-order valence-electron chi connectivity index (χ0n) is 9.23. The van der Waals surface area contributed by atoms with Crippen molar-refractivity contribution in [3.8, 4) is 5.75 Å². The summed E-state index contributed by atoms with van der Waals surface area (Å²) in [5.41, 5.74) is 8.71. The van der Waals surface area contributed by atoms with Crippen LogP contribution in [0.1, 0.15) is 16.8 Å². The fourth-order valence-electron chi connectivity index (χ4n) is 1.42. The van der Waals surface area contributed by atoms with E-state index in [0.717, 1.165) is 11.3 Å². The number of aromatic nitrogens is 2. The summed E-state index contributed by atoms with van der Waals surface area (Å²) in [6.45, 7) is 4.44. The van der Waals surface area contributed by atoms with E-state index in [1.165, 1.54) is 17.1 Å². The van der Waals surface area contributed by atoms with Gasteiger partial charge in [-0.05, 0) is 25.5 Å². The second-order valence-corrected chi connectivity index (χ2v) is 4.43. The normalized spacial score (nSPS) is 10.4. The lowest BCUT2D eigenvalue weighted by atomic mass is 10.1. The van der Waals surface area contributed by atoms with E-state index in [2.05, 4.69) is 22.6 Å². The van der Waals surface area contributed by atoms with Crippen molar-refractivity contribution < 1.29 is 4.74 Å². The maximum absolute atomic E-state index is 5.68. The highest BCUT2D eigenvalue weighted by Gasteiger charge is 2.06. The second kappa shape index (κ2) is 4.49. The molecular weight excluding hydrogens is 222 g/mol. The Bertz CT molecular complexity index is 496. The minimum atomic E-state index is 0.367. The Labute approximate surface area is 98.2 Å². The minimum absolute atomic E-state index is 0.367. The van der Waals surface area contributed by atoms with Gasteiger partial charge in [0.05, 0.1) is 0 Å². The van der Waals surface area contributed by atoms with Gasteiger partial charge in [-0.3, -0.25) is 0 Å². The van der Waals surface area contributed by atoms with E-state index in [0.29, 0.717) is 17.3 Å². The second-order valence-electron chi connectivity index (χ2n) is 3.64. The summed E-state index contributed by atoms with van der Waals surface area (Å²) in [6.07, 6.45) is 0. The highest BCUT2D eigenvalue weighted by atomic mass is 32.1. The van der Waals surface area contributed by atoms with Crippen LogP contribution in [0.15, 0.2) is 18.2 Å². The molecule has 84 valence electrons. The predicted octanol–water partition coefficient (Wildman–Crippen LogP) is 2.32. The van der Waals surface area contributed by atoms with Crippen LogP contribution in [-0.4, -0.2) is 9.59 Å². The molecule has 1 heterocycles. The maximum atomic E-state index is 5.68. The highest BCUT2D eigenvalue weighted by Crippen LogP contribution is 2.21. The fraction of sp³-hybridized carbons (Fsp3) is 0.273. The third-order valence-electron chi connectivity index (χ3n) is 2.28. The van der Waals surface area contributed by atoms with E-state index in [1.54, 1.807) is 0 Å². The van der Waals surface area contributed by atoms with Crippen molar-refractivity contribution in [1.82, 2.24) is 9.59 Å². The molecule has 0 saturated heterocycles. The van der Waals surface area contributed by atoms with Gasteiger partial charge in [-0.25, -0.2) is 0 Å². The lowest BCUT2D eigenvalue weighted by Gasteiger charge is -2.08. The molecule has 0 unspecified atom stereocenters. The van der Waals surface area contributed by atoms with Crippen LogP contribution < -0.4 is 10.5 Å². The van der Waals surface area contributed by atoms with Gasteiger partial charge >= 0.3 is 0 Å². The number of ether oxygens (including phenoxy) is 1. The van der Waals surface area contributed by atoms with E-state index < -0.39 is 0 Å². The summed E-state index contributed by atoms with van der Waals surface area (Å²) in [6, 6.07) is 6.06. The molecule has 4 nitrogen and oxygen atoms in total. The Morgan fingerprint density at radius 3 is 2.81 bits per heavy atom. The zero-order chi connectivity index (χ0) is 11.5. The first-order valence-corrected chi connectivity index (χ1v) is 5.71. The van der Waals surface area contributed by atoms with Gasteiger partial charge in [0.1, 0.15) is 23.1 Å². The molecule has 0 amide bonds. The summed E-state index contributed by atoms with van der Waals surface area (Å²) < 4.78 is 9.40. The molecule has 1 aromatic heterocycles. The van der Waals surface area contributed by atoms with Crippen LogP contribution >= 0.6 is 11.5 Å². The number of nitrogen functional groups attached to an aromatic ring is 1. The van der Waals surface area contributed by atoms with Gasteiger partial charge in [-0.15, -0.1) is 5.10 Å². The van der Waals surface area contributed by atoms with Crippen LogP contribution in [0.25, 0.3) is 0 Å². The van der Waals surface area contributed by atoms with Crippen molar-refractivity contribution in [1.29, 1.82) is 0 Å². The van der Waals surface area contributed by atoms with E-state index in [-0.39, 0.29) is 0 Å². The van der Waals surface area contributed by atoms with E-state index in [1.807, 2.05) is 19.1 Å². The largest absolute Gasteiger partial charge is 0.487 e. The molecular formula is C11H13N3OS. The summed E-state index contributed by atoms with van der Waals surface area (Å²) in [5.74, 6) is 0.859. The molecule has 0 atom stereocenters. The zero-order valence-corrected chi connectivity index (χ0v) is 10.0. The first kappa shape index (κ1) is 10.9. The van der Waals surface area contributed by atoms with Crippen molar-refractivity contribution >= 4 is 16.5 Å².